The van der Waals surface area contributed by atoms with Gasteiger partial charge < -0.3 is 10.3 Å². The van der Waals surface area contributed by atoms with E-state index < -0.39 is 0 Å². The molecule has 3 rings (SSSR count). The van der Waals surface area contributed by atoms with Gasteiger partial charge in [-0.25, -0.2) is 0 Å². The van der Waals surface area contributed by atoms with Crippen molar-refractivity contribution < 1.29 is 0 Å². The van der Waals surface area contributed by atoms with E-state index in [0.29, 0.717) is 16.3 Å². The second kappa shape index (κ2) is 6.55. The summed E-state index contributed by atoms with van der Waals surface area (Å²) in [4.78, 5) is 0. The van der Waals surface area contributed by atoms with Crippen LogP contribution in [0.3, 0.4) is 0 Å². The summed E-state index contributed by atoms with van der Waals surface area (Å²) in [7, 11) is 1.94. The predicted octanol–water partition coefficient (Wildman–Crippen LogP) is 4.98. The molecule has 0 saturated heterocycles. The van der Waals surface area contributed by atoms with Gasteiger partial charge in [0, 0.05) is 34.2 Å². The van der Waals surface area contributed by atoms with Gasteiger partial charge in [-0.2, -0.15) is 5.26 Å². The molecule has 3 aromatic rings. The maximum Gasteiger partial charge on any atom is 0.102 e. The highest BCUT2D eigenvalue weighted by atomic mass is 35.5. The van der Waals surface area contributed by atoms with E-state index in [1.165, 1.54) is 0 Å². The Bertz CT molecular complexity index is 857. The van der Waals surface area contributed by atoms with Crippen molar-refractivity contribution in [2.45, 2.75) is 13.8 Å². The molecule has 112 valence electrons. The number of nitrogens with zero attached hydrogens (tertiary/aromatic N) is 2. The van der Waals surface area contributed by atoms with Gasteiger partial charge in [-0.05, 0) is 30.3 Å². The molecule has 0 fully saturated rings. The van der Waals surface area contributed by atoms with Crippen molar-refractivity contribution in [3.63, 3.8) is 0 Å². The first-order chi connectivity index (χ1) is 10.6. The molecule has 1 aromatic heterocycles. The van der Waals surface area contributed by atoms with Crippen LogP contribution in [-0.4, -0.2) is 4.57 Å². The number of benzene rings is 2. The zero-order chi connectivity index (χ0) is 16.3. The molecule has 0 aliphatic carbocycles. The number of hydrogen-bond acceptors (Lipinski definition) is 2. The van der Waals surface area contributed by atoms with E-state index in [1.54, 1.807) is 0 Å². The normalized spacial score (nSPS) is 9.95. The van der Waals surface area contributed by atoms with Gasteiger partial charge in [0.2, 0.25) is 0 Å². The highest BCUT2D eigenvalue weighted by molar-refractivity contribution is 6.31. The first-order valence-corrected chi connectivity index (χ1v) is 7.53. The molecule has 0 radical (unpaired) electrons. The van der Waals surface area contributed by atoms with Gasteiger partial charge in [0.25, 0.3) is 0 Å². The third kappa shape index (κ3) is 2.66. The quantitative estimate of drug-likeness (QED) is 0.644. The summed E-state index contributed by atoms with van der Waals surface area (Å²) in [6, 6.07) is 15.4. The standard InChI is InChI=1S/C16H12ClN3.C2H6/c1-20-15-6-5-11(17)8-13(15)14(9-18)16(20)10-3-2-4-12(19)7-10;1-2/h2-8H,19H2,1H3;1-2H3. The van der Waals surface area contributed by atoms with Crippen LogP contribution in [0, 0.1) is 11.3 Å². The zero-order valence-electron chi connectivity index (χ0n) is 12.9. The van der Waals surface area contributed by atoms with Crippen molar-refractivity contribution in [1.29, 1.82) is 5.26 Å². The monoisotopic (exact) mass is 311 g/mol. The van der Waals surface area contributed by atoms with Crippen LogP contribution >= 0.6 is 11.6 Å². The number of aromatic nitrogens is 1. The van der Waals surface area contributed by atoms with Gasteiger partial charge in [-0.3, -0.25) is 0 Å². The van der Waals surface area contributed by atoms with Crippen LogP contribution in [0.1, 0.15) is 19.4 Å². The minimum Gasteiger partial charge on any atom is -0.399 e. The fourth-order valence-electron chi connectivity index (χ4n) is 2.55. The van der Waals surface area contributed by atoms with Gasteiger partial charge in [-0.15, -0.1) is 0 Å². The molecule has 0 bridgehead atoms. The summed E-state index contributed by atoms with van der Waals surface area (Å²) >= 11 is 6.04. The van der Waals surface area contributed by atoms with Crippen LogP contribution in [0.5, 0.6) is 0 Å². The molecule has 0 unspecified atom stereocenters. The van der Waals surface area contributed by atoms with Gasteiger partial charge in [0.1, 0.15) is 6.07 Å². The van der Waals surface area contributed by atoms with Gasteiger partial charge in [-0.1, -0.05) is 37.6 Å². The number of nitriles is 1. The van der Waals surface area contributed by atoms with Crippen LogP contribution in [0.2, 0.25) is 5.02 Å². The molecule has 0 aliphatic heterocycles. The Balaban J connectivity index is 0.000000847. The number of nitrogen functional groups attached to an aromatic ring is 1. The van der Waals surface area contributed by atoms with Crippen molar-refractivity contribution in [1.82, 2.24) is 4.57 Å². The Kier molecular flexibility index (Phi) is 4.75. The van der Waals surface area contributed by atoms with Crippen molar-refractivity contribution in [3.05, 3.63) is 53.1 Å². The van der Waals surface area contributed by atoms with E-state index >= 15 is 0 Å². The Morgan fingerprint density at radius 1 is 1.14 bits per heavy atom. The summed E-state index contributed by atoms with van der Waals surface area (Å²) in [6.45, 7) is 4.00. The van der Waals surface area contributed by atoms with Crippen LogP contribution in [-0.2, 0) is 7.05 Å². The van der Waals surface area contributed by atoms with Crippen LogP contribution in [0.15, 0.2) is 42.5 Å². The first kappa shape index (κ1) is 15.9. The number of aryl methyl sites for hydroxylation is 1. The van der Waals surface area contributed by atoms with Crippen molar-refractivity contribution in [2.75, 3.05) is 5.73 Å². The molecule has 2 N–H and O–H groups in total. The third-order valence-electron chi connectivity index (χ3n) is 3.43. The summed E-state index contributed by atoms with van der Waals surface area (Å²) in [6.07, 6.45) is 0. The average Bonchev–Trinajstić information content (AvgIpc) is 2.81. The molecule has 0 saturated carbocycles. The number of nitrogens with two attached hydrogens (primary N) is 1. The number of halogens is 1. The lowest BCUT2D eigenvalue weighted by Crippen LogP contribution is -1.94. The second-order valence-corrected chi connectivity index (χ2v) is 5.12. The zero-order valence-corrected chi connectivity index (χ0v) is 13.6. The molecule has 0 spiro atoms. The van der Waals surface area contributed by atoms with Crippen LogP contribution in [0.25, 0.3) is 22.2 Å². The van der Waals surface area contributed by atoms with Crippen LogP contribution in [0.4, 0.5) is 5.69 Å². The molecular formula is C18H18ClN3. The van der Waals surface area contributed by atoms with Crippen molar-refractivity contribution in [2.24, 2.45) is 7.05 Å². The summed E-state index contributed by atoms with van der Waals surface area (Å²) in [5.74, 6) is 0. The SMILES string of the molecule is CC.Cn1c(-c2cccc(N)c2)c(C#N)c2cc(Cl)ccc21. The van der Waals surface area contributed by atoms with E-state index in [2.05, 4.69) is 6.07 Å². The number of fused-ring (bicyclic) bond motifs is 1. The molecule has 4 heteroatoms. The third-order valence-corrected chi connectivity index (χ3v) is 3.67. The maximum absolute atomic E-state index is 9.51. The maximum atomic E-state index is 9.51. The largest absolute Gasteiger partial charge is 0.399 e. The van der Waals surface area contributed by atoms with Gasteiger partial charge >= 0.3 is 0 Å². The van der Waals surface area contributed by atoms with E-state index in [9.17, 15) is 5.26 Å². The fraction of sp³-hybridized carbons (Fsp3) is 0.167. The van der Waals surface area contributed by atoms with Crippen molar-refractivity contribution >= 4 is 28.2 Å². The average molecular weight is 312 g/mol. The molecule has 0 atom stereocenters. The number of hydrogen-bond donors (Lipinski definition) is 1. The summed E-state index contributed by atoms with van der Waals surface area (Å²) < 4.78 is 2.00. The smallest absolute Gasteiger partial charge is 0.102 e. The highest BCUT2D eigenvalue weighted by Gasteiger charge is 2.16. The molecule has 0 aliphatic rings. The van der Waals surface area contributed by atoms with E-state index in [0.717, 1.165) is 22.2 Å². The molecule has 1 heterocycles. The lowest BCUT2D eigenvalue weighted by molar-refractivity contribution is 0.976. The van der Waals surface area contributed by atoms with E-state index in [1.807, 2.05) is 67.9 Å². The molecule has 2 aromatic carbocycles. The summed E-state index contributed by atoms with van der Waals surface area (Å²) in [5.41, 5.74) is 9.90. The Hall–Kier alpha value is -2.44. The lowest BCUT2D eigenvalue weighted by Gasteiger charge is -2.06. The van der Waals surface area contributed by atoms with Gasteiger partial charge in [0.05, 0.1) is 11.3 Å². The van der Waals surface area contributed by atoms with Crippen molar-refractivity contribution in [3.8, 4) is 17.3 Å². The molecule has 22 heavy (non-hydrogen) atoms. The molecule has 0 amide bonds. The summed E-state index contributed by atoms with van der Waals surface area (Å²) in [5, 5.41) is 11.0. The van der Waals surface area contributed by atoms with E-state index in [4.69, 9.17) is 17.3 Å². The number of rotatable bonds is 1. The van der Waals surface area contributed by atoms with Crippen LogP contribution < -0.4 is 5.73 Å². The lowest BCUT2D eigenvalue weighted by atomic mass is 10.1. The minimum absolute atomic E-state index is 0.621. The molecular weight excluding hydrogens is 294 g/mol. The Morgan fingerprint density at radius 2 is 1.86 bits per heavy atom. The van der Waals surface area contributed by atoms with Gasteiger partial charge in [0.15, 0.2) is 0 Å². The number of anilines is 1. The molecule has 3 nitrogen and oxygen atoms in total. The first-order valence-electron chi connectivity index (χ1n) is 7.16. The van der Waals surface area contributed by atoms with E-state index in [-0.39, 0.29) is 0 Å². The Morgan fingerprint density at radius 3 is 2.50 bits per heavy atom. The Labute approximate surface area is 135 Å². The predicted molar refractivity (Wildman–Crippen MR) is 93.8 cm³/mol. The highest BCUT2D eigenvalue weighted by Crippen LogP contribution is 2.34. The second-order valence-electron chi connectivity index (χ2n) is 4.68. The topological polar surface area (TPSA) is 54.7 Å². The minimum atomic E-state index is 0.621. The fourth-order valence-corrected chi connectivity index (χ4v) is 2.73.